The molecule has 0 saturated carbocycles. The molecule has 10 rings (SSSR count). The van der Waals surface area contributed by atoms with Crippen LogP contribution in [-0.4, -0.2) is 4.57 Å². The molecule has 8 aromatic carbocycles. The third-order valence-electron chi connectivity index (χ3n) is 11.5. The van der Waals surface area contributed by atoms with E-state index in [1.54, 1.807) is 0 Å². The van der Waals surface area contributed by atoms with E-state index in [0.29, 0.717) is 0 Å². The lowest BCUT2D eigenvalue weighted by molar-refractivity contribution is 0.660. The highest BCUT2D eigenvalue weighted by Gasteiger charge is 2.35. The summed E-state index contributed by atoms with van der Waals surface area (Å²) in [7, 11) is 0. The molecule has 0 radical (unpaired) electrons. The Morgan fingerprint density at radius 1 is 0.536 bits per heavy atom. The topological polar surface area (TPSA) is 20.2 Å². The van der Waals surface area contributed by atoms with E-state index in [0.717, 1.165) is 50.7 Å². The molecule has 0 fully saturated rings. The lowest BCUT2D eigenvalue weighted by Gasteiger charge is -2.28. The van der Waals surface area contributed by atoms with Gasteiger partial charge in [-0.25, -0.2) is 0 Å². The van der Waals surface area contributed by atoms with E-state index in [9.17, 15) is 0 Å². The summed E-state index contributed by atoms with van der Waals surface area (Å²) in [4.78, 5) is 2.42. The molecule has 1 aromatic heterocycles. The van der Waals surface area contributed by atoms with Crippen molar-refractivity contribution >= 4 is 56.3 Å². The van der Waals surface area contributed by atoms with Crippen molar-refractivity contribution in [2.75, 3.05) is 10.2 Å². The van der Waals surface area contributed by atoms with E-state index < -0.39 is 0 Å². The molecule has 1 N–H and O–H groups in total. The van der Waals surface area contributed by atoms with Crippen LogP contribution in [0.3, 0.4) is 0 Å². The Morgan fingerprint density at radius 2 is 1.14 bits per heavy atom. The molecule has 0 atom stereocenters. The lowest BCUT2D eigenvalue weighted by Crippen LogP contribution is -2.16. The zero-order valence-electron chi connectivity index (χ0n) is 31.6. The summed E-state index contributed by atoms with van der Waals surface area (Å²) in [5, 5.41) is 6.12. The number of nitrogens with one attached hydrogen (secondary N) is 1. The first-order valence-corrected chi connectivity index (χ1v) is 19.3. The van der Waals surface area contributed by atoms with Crippen LogP contribution in [0.15, 0.2) is 195 Å². The van der Waals surface area contributed by atoms with Gasteiger partial charge in [-0.15, -0.1) is 0 Å². The fourth-order valence-corrected chi connectivity index (χ4v) is 8.78. The van der Waals surface area contributed by atoms with Gasteiger partial charge in [0.2, 0.25) is 0 Å². The number of hydrogen-bond acceptors (Lipinski definition) is 2. The van der Waals surface area contributed by atoms with E-state index in [1.165, 1.54) is 44.2 Å². The van der Waals surface area contributed by atoms with Gasteiger partial charge in [0.1, 0.15) is 0 Å². The number of hydrogen-bond donors (Lipinski definition) is 1. The first-order chi connectivity index (χ1) is 27.5. The van der Waals surface area contributed by atoms with Crippen molar-refractivity contribution < 1.29 is 0 Å². The fourth-order valence-electron chi connectivity index (χ4n) is 8.78. The van der Waals surface area contributed by atoms with Gasteiger partial charge in [-0.3, -0.25) is 0 Å². The molecule has 9 aromatic rings. The Kier molecular flexibility index (Phi) is 7.97. The third kappa shape index (κ3) is 5.43. The highest BCUT2D eigenvalue weighted by atomic mass is 15.1. The van der Waals surface area contributed by atoms with E-state index >= 15 is 0 Å². The van der Waals surface area contributed by atoms with Gasteiger partial charge in [0.25, 0.3) is 0 Å². The molecule has 1 aliphatic carbocycles. The van der Waals surface area contributed by atoms with Crippen molar-refractivity contribution in [1.29, 1.82) is 0 Å². The first kappa shape index (κ1) is 33.5. The van der Waals surface area contributed by atoms with Crippen LogP contribution in [0.5, 0.6) is 0 Å². The molecular weight excluding hydrogens is 679 g/mol. The van der Waals surface area contributed by atoms with Crippen molar-refractivity contribution in [2.24, 2.45) is 0 Å². The second-order valence-electron chi connectivity index (χ2n) is 15.1. The summed E-state index contributed by atoms with van der Waals surface area (Å²) in [6, 6.07) is 67.9. The van der Waals surface area contributed by atoms with Crippen LogP contribution >= 0.6 is 0 Å². The molecular formula is C53H41N3. The fraction of sp³-hybridized carbons (Fsp3) is 0.0566. The standard InChI is InChI=1S/C53H41N3/c1-4-36-26-31-46-47-34-42(30-33-50(47)56(40-20-12-7-13-21-40)52(46)51(36)54-39-18-10-6-11-19-39)55(41-27-24-38(25-28-41)37-16-8-5-9-17-37)43-29-32-45-44-22-14-15-23-48(44)53(2,3)49(45)35-43/h4-35,54H,1H2,2-3H3. The molecule has 3 heteroatoms. The van der Waals surface area contributed by atoms with E-state index in [-0.39, 0.29) is 5.41 Å². The van der Waals surface area contributed by atoms with Crippen molar-refractivity contribution in [1.82, 2.24) is 4.57 Å². The number of nitrogens with zero attached hydrogens (tertiary/aromatic N) is 2. The highest BCUT2D eigenvalue weighted by molar-refractivity contribution is 6.16. The number of para-hydroxylation sites is 2. The minimum Gasteiger partial charge on any atom is -0.353 e. The minimum atomic E-state index is -0.122. The normalized spacial score (nSPS) is 12.7. The highest BCUT2D eigenvalue weighted by Crippen LogP contribution is 2.51. The van der Waals surface area contributed by atoms with Crippen molar-refractivity contribution in [3.05, 3.63) is 211 Å². The Labute approximate surface area is 328 Å². The lowest BCUT2D eigenvalue weighted by atomic mass is 9.82. The quantitative estimate of drug-likeness (QED) is 0.169. The average Bonchev–Trinajstić information content (AvgIpc) is 3.70. The molecule has 0 aliphatic heterocycles. The first-order valence-electron chi connectivity index (χ1n) is 19.3. The molecule has 268 valence electrons. The molecule has 0 spiro atoms. The summed E-state index contributed by atoms with van der Waals surface area (Å²) < 4.78 is 2.39. The SMILES string of the molecule is C=Cc1ccc2c3cc(N(c4ccc(-c5ccccc5)cc4)c4ccc5c(c4)C(C)(C)c4ccccc4-5)ccc3n(-c3ccccc3)c2c1Nc1ccccc1. The summed E-state index contributed by atoms with van der Waals surface area (Å²) in [6.07, 6.45) is 1.94. The van der Waals surface area contributed by atoms with E-state index in [1.807, 2.05) is 12.1 Å². The second-order valence-corrected chi connectivity index (χ2v) is 15.1. The van der Waals surface area contributed by atoms with E-state index in [2.05, 4.69) is 217 Å². The van der Waals surface area contributed by atoms with Crippen molar-refractivity contribution in [3.8, 4) is 27.9 Å². The minimum absolute atomic E-state index is 0.122. The Bertz CT molecular complexity index is 2900. The molecule has 56 heavy (non-hydrogen) atoms. The Hall–Kier alpha value is -7.10. The number of benzene rings is 8. The van der Waals surface area contributed by atoms with Crippen molar-refractivity contribution in [2.45, 2.75) is 19.3 Å². The molecule has 3 nitrogen and oxygen atoms in total. The van der Waals surface area contributed by atoms with Gasteiger partial charge in [0.05, 0.1) is 16.7 Å². The zero-order valence-corrected chi connectivity index (χ0v) is 31.6. The number of fused-ring (bicyclic) bond motifs is 6. The largest absolute Gasteiger partial charge is 0.353 e. The summed E-state index contributed by atoms with van der Waals surface area (Å²) in [5.41, 5.74) is 17.4. The van der Waals surface area contributed by atoms with Crippen LogP contribution in [0.2, 0.25) is 0 Å². The molecule has 0 unspecified atom stereocenters. The maximum absolute atomic E-state index is 4.22. The molecule has 0 bridgehead atoms. The Balaban J connectivity index is 1.20. The van der Waals surface area contributed by atoms with Crippen LogP contribution in [0.1, 0.15) is 30.5 Å². The van der Waals surface area contributed by atoms with E-state index in [4.69, 9.17) is 0 Å². The molecule has 1 heterocycles. The summed E-state index contributed by atoms with van der Waals surface area (Å²) in [5.74, 6) is 0. The summed E-state index contributed by atoms with van der Waals surface area (Å²) >= 11 is 0. The maximum Gasteiger partial charge on any atom is 0.0782 e. The van der Waals surface area contributed by atoms with Gasteiger partial charge in [0.15, 0.2) is 0 Å². The molecule has 0 saturated heterocycles. The Morgan fingerprint density at radius 3 is 1.89 bits per heavy atom. The predicted molar refractivity (Wildman–Crippen MR) is 238 cm³/mol. The van der Waals surface area contributed by atoms with Gasteiger partial charge >= 0.3 is 0 Å². The maximum atomic E-state index is 4.22. The zero-order chi connectivity index (χ0) is 37.8. The number of anilines is 5. The van der Waals surface area contributed by atoms with Gasteiger partial charge < -0.3 is 14.8 Å². The second kappa shape index (κ2) is 13.3. The van der Waals surface area contributed by atoms with Gasteiger partial charge in [-0.1, -0.05) is 148 Å². The number of aromatic nitrogens is 1. The van der Waals surface area contributed by atoms with Crippen LogP contribution in [0, 0.1) is 0 Å². The van der Waals surface area contributed by atoms with Gasteiger partial charge in [-0.2, -0.15) is 0 Å². The van der Waals surface area contributed by atoms with Crippen LogP contribution in [0.4, 0.5) is 28.4 Å². The predicted octanol–water partition coefficient (Wildman–Crippen LogP) is 14.6. The van der Waals surface area contributed by atoms with Gasteiger partial charge in [0, 0.05) is 44.6 Å². The smallest absolute Gasteiger partial charge is 0.0782 e. The van der Waals surface area contributed by atoms with Crippen LogP contribution in [-0.2, 0) is 5.41 Å². The van der Waals surface area contributed by atoms with Crippen molar-refractivity contribution in [3.63, 3.8) is 0 Å². The third-order valence-corrected chi connectivity index (χ3v) is 11.5. The van der Waals surface area contributed by atoms with Crippen LogP contribution < -0.4 is 10.2 Å². The average molecular weight is 720 g/mol. The van der Waals surface area contributed by atoms with Crippen LogP contribution in [0.25, 0.3) is 55.8 Å². The summed E-state index contributed by atoms with van der Waals surface area (Å²) in [6.45, 7) is 8.92. The molecule has 0 amide bonds. The molecule has 1 aliphatic rings. The number of rotatable bonds is 8. The monoisotopic (exact) mass is 719 g/mol. The van der Waals surface area contributed by atoms with Gasteiger partial charge in [-0.05, 0) is 106 Å².